The van der Waals surface area contributed by atoms with Crippen LogP contribution in [0.2, 0.25) is 0 Å². The van der Waals surface area contributed by atoms with Gasteiger partial charge in [0.2, 0.25) is 0 Å². The number of rotatable bonds is 3. The second kappa shape index (κ2) is 4.91. The van der Waals surface area contributed by atoms with Crippen LogP contribution >= 0.6 is 0 Å². The summed E-state index contributed by atoms with van der Waals surface area (Å²) in [4.78, 5) is 8.37. The van der Waals surface area contributed by atoms with Crippen LogP contribution in [0.3, 0.4) is 0 Å². The number of aryl methyl sites for hydroxylation is 1. The van der Waals surface area contributed by atoms with Gasteiger partial charge in [0, 0.05) is 12.7 Å². The summed E-state index contributed by atoms with van der Waals surface area (Å²) < 4.78 is 13.7. The first-order valence-electron chi connectivity index (χ1n) is 7.25. The number of aromatic nitrogens is 3. The van der Waals surface area contributed by atoms with Crippen molar-refractivity contribution in [1.82, 2.24) is 14.5 Å². The van der Waals surface area contributed by atoms with Gasteiger partial charge in [-0.3, -0.25) is 0 Å². The van der Waals surface area contributed by atoms with Crippen molar-refractivity contribution in [3.8, 4) is 5.75 Å². The van der Waals surface area contributed by atoms with Crippen molar-refractivity contribution in [3.05, 3.63) is 48.8 Å². The molecule has 2 unspecified atom stereocenters. The molecular weight excluding hydrogens is 280 g/mol. The van der Waals surface area contributed by atoms with Crippen molar-refractivity contribution in [3.63, 3.8) is 0 Å². The maximum atomic E-state index is 6.09. The third kappa shape index (κ3) is 1.88. The van der Waals surface area contributed by atoms with Gasteiger partial charge < -0.3 is 19.8 Å². The molecule has 0 saturated heterocycles. The van der Waals surface area contributed by atoms with E-state index in [0.717, 1.165) is 23.3 Å². The van der Waals surface area contributed by atoms with Gasteiger partial charge in [-0.15, -0.1) is 0 Å². The fourth-order valence-corrected chi connectivity index (χ4v) is 2.85. The lowest BCUT2D eigenvalue weighted by atomic mass is 9.98. The Hall–Kier alpha value is -2.76. The third-order valence-corrected chi connectivity index (χ3v) is 3.97. The van der Waals surface area contributed by atoms with Gasteiger partial charge in [0.05, 0.1) is 5.92 Å². The van der Waals surface area contributed by atoms with Gasteiger partial charge in [-0.2, -0.15) is 0 Å². The number of nitrogens with two attached hydrogens (primary N) is 1. The number of hydrogen-bond acceptors (Lipinski definition) is 5. The Kier molecular flexibility index (Phi) is 2.89. The van der Waals surface area contributed by atoms with Crippen LogP contribution < -0.4 is 10.5 Å². The molecule has 1 aliphatic carbocycles. The van der Waals surface area contributed by atoms with Gasteiger partial charge in [0.25, 0.3) is 0 Å². The van der Waals surface area contributed by atoms with Gasteiger partial charge in [-0.25, -0.2) is 9.97 Å². The molecule has 0 aromatic carbocycles. The van der Waals surface area contributed by atoms with Crippen molar-refractivity contribution in [2.24, 2.45) is 5.92 Å². The van der Waals surface area contributed by atoms with Gasteiger partial charge >= 0.3 is 0 Å². The van der Waals surface area contributed by atoms with Crippen molar-refractivity contribution in [1.29, 1.82) is 0 Å². The molecule has 0 fully saturated rings. The standard InChI is InChI=1S/C16H16N4O2/c1-2-20-7-12(14-15(17)18-9-19-16(14)20)22-13-8-21-11-6-4-3-5-10(11)13/h3-11H,2H2,1H3,(H2,17,18,19). The van der Waals surface area contributed by atoms with Crippen molar-refractivity contribution in [2.75, 3.05) is 5.73 Å². The molecular formula is C16H16N4O2. The highest BCUT2D eigenvalue weighted by atomic mass is 16.5. The zero-order chi connectivity index (χ0) is 15.1. The van der Waals surface area contributed by atoms with E-state index in [1.807, 2.05) is 35.9 Å². The van der Waals surface area contributed by atoms with Crippen LogP contribution in [0.5, 0.6) is 5.75 Å². The van der Waals surface area contributed by atoms with Crippen molar-refractivity contribution < 1.29 is 9.47 Å². The lowest BCUT2D eigenvalue weighted by molar-refractivity contribution is 0.189. The van der Waals surface area contributed by atoms with E-state index in [-0.39, 0.29) is 12.0 Å². The lowest BCUT2D eigenvalue weighted by Crippen LogP contribution is -2.18. The first-order chi connectivity index (χ1) is 10.8. The zero-order valence-corrected chi connectivity index (χ0v) is 12.1. The van der Waals surface area contributed by atoms with E-state index in [0.29, 0.717) is 11.6 Å². The molecule has 2 aliphatic rings. The van der Waals surface area contributed by atoms with E-state index in [1.54, 1.807) is 6.26 Å². The number of fused-ring (bicyclic) bond motifs is 2. The molecule has 1 aliphatic heterocycles. The van der Waals surface area contributed by atoms with Crippen LogP contribution in [0.4, 0.5) is 5.82 Å². The highest BCUT2D eigenvalue weighted by Gasteiger charge is 2.31. The molecule has 0 amide bonds. The summed E-state index contributed by atoms with van der Waals surface area (Å²) in [5.74, 6) is 1.94. The minimum Gasteiger partial charge on any atom is -0.489 e. The molecule has 2 N–H and O–H groups in total. The van der Waals surface area contributed by atoms with Crippen LogP contribution in [0.1, 0.15) is 6.92 Å². The summed E-state index contributed by atoms with van der Waals surface area (Å²) in [6.07, 6.45) is 13.1. The van der Waals surface area contributed by atoms with Gasteiger partial charge in [-0.05, 0) is 13.0 Å². The molecule has 2 atom stereocenters. The van der Waals surface area contributed by atoms with Crippen LogP contribution in [-0.4, -0.2) is 20.6 Å². The molecule has 6 nitrogen and oxygen atoms in total. The molecule has 2 aromatic heterocycles. The first kappa shape index (κ1) is 12.9. The average Bonchev–Trinajstić information content (AvgIpc) is 3.11. The number of anilines is 1. The maximum Gasteiger partial charge on any atom is 0.158 e. The summed E-state index contributed by atoms with van der Waals surface area (Å²) in [6.45, 7) is 2.82. The highest BCUT2D eigenvalue weighted by Crippen LogP contribution is 2.36. The van der Waals surface area contributed by atoms with Crippen molar-refractivity contribution >= 4 is 16.9 Å². The molecule has 2 aromatic rings. The predicted octanol–water partition coefficient (Wildman–Crippen LogP) is 2.39. The Morgan fingerprint density at radius 3 is 3.05 bits per heavy atom. The van der Waals surface area contributed by atoms with Gasteiger partial charge in [0.1, 0.15) is 41.3 Å². The maximum absolute atomic E-state index is 6.09. The predicted molar refractivity (Wildman–Crippen MR) is 83.0 cm³/mol. The molecule has 6 heteroatoms. The summed E-state index contributed by atoms with van der Waals surface area (Å²) in [5, 5.41) is 0.740. The average molecular weight is 296 g/mol. The quantitative estimate of drug-likeness (QED) is 0.941. The number of hydrogen-bond donors (Lipinski definition) is 1. The summed E-state index contributed by atoms with van der Waals surface area (Å²) in [7, 11) is 0. The SMILES string of the molecule is CCn1cc(OC2=COC3C=CC=CC23)c2c(N)ncnc21. The van der Waals surface area contributed by atoms with Crippen LogP contribution in [-0.2, 0) is 11.3 Å². The van der Waals surface area contributed by atoms with Crippen LogP contribution in [0, 0.1) is 5.92 Å². The minimum atomic E-state index is 0.00752. The fourth-order valence-electron chi connectivity index (χ4n) is 2.85. The van der Waals surface area contributed by atoms with Crippen molar-refractivity contribution in [2.45, 2.75) is 19.6 Å². The molecule has 0 bridgehead atoms. The monoisotopic (exact) mass is 296 g/mol. The van der Waals surface area contributed by atoms with E-state index in [4.69, 9.17) is 15.2 Å². The lowest BCUT2D eigenvalue weighted by Gasteiger charge is -2.17. The molecule has 0 saturated carbocycles. The molecule has 4 rings (SSSR count). The number of nitrogen functional groups attached to an aromatic ring is 1. The first-order valence-corrected chi connectivity index (χ1v) is 7.25. The Balaban J connectivity index is 1.73. The van der Waals surface area contributed by atoms with Crippen LogP contribution in [0.15, 0.2) is 48.8 Å². The van der Waals surface area contributed by atoms with Crippen LogP contribution in [0.25, 0.3) is 11.0 Å². The Morgan fingerprint density at radius 1 is 1.32 bits per heavy atom. The summed E-state index contributed by atoms with van der Waals surface area (Å²) in [5.41, 5.74) is 6.79. The molecule has 0 radical (unpaired) electrons. The number of nitrogens with zero attached hydrogens (tertiary/aromatic N) is 3. The highest BCUT2D eigenvalue weighted by molar-refractivity contribution is 5.92. The molecule has 112 valence electrons. The van der Waals surface area contributed by atoms with E-state index in [2.05, 4.69) is 16.0 Å². The summed E-state index contributed by atoms with van der Waals surface area (Å²) >= 11 is 0. The molecule has 22 heavy (non-hydrogen) atoms. The minimum absolute atomic E-state index is 0.00752. The Labute approximate surface area is 127 Å². The Morgan fingerprint density at radius 2 is 2.18 bits per heavy atom. The normalized spacial score (nSPS) is 22.5. The van der Waals surface area contributed by atoms with E-state index in [1.165, 1.54) is 6.33 Å². The van der Waals surface area contributed by atoms with E-state index < -0.39 is 0 Å². The number of allylic oxidation sites excluding steroid dienone is 2. The molecule has 0 spiro atoms. The summed E-state index contributed by atoms with van der Waals surface area (Å²) in [6, 6.07) is 0. The number of ether oxygens (including phenoxy) is 2. The van der Waals surface area contributed by atoms with E-state index in [9.17, 15) is 0 Å². The largest absolute Gasteiger partial charge is 0.489 e. The zero-order valence-electron chi connectivity index (χ0n) is 12.1. The fraction of sp³-hybridized carbons (Fsp3) is 0.250. The smallest absolute Gasteiger partial charge is 0.158 e. The second-order valence-electron chi connectivity index (χ2n) is 5.26. The second-order valence-corrected chi connectivity index (χ2v) is 5.26. The van der Waals surface area contributed by atoms with Gasteiger partial charge in [0.15, 0.2) is 5.75 Å². The van der Waals surface area contributed by atoms with Gasteiger partial charge in [-0.1, -0.05) is 18.2 Å². The topological polar surface area (TPSA) is 75.2 Å². The van der Waals surface area contributed by atoms with E-state index >= 15 is 0 Å². The molecule has 3 heterocycles. The Bertz CT molecular complexity index is 819. The third-order valence-electron chi connectivity index (χ3n) is 3.97.